The molecular formula is C10H11N4O2-. The molecule has 0 radical (unpaired) electrons. The molecule has 0 bridgehead atoms. The van der Waals surface area contributed by atoms with Crippen molar-refractivity contribution in [3.05, 3.63) is 29.6 Å². The van der Waals surface area contributed by atoms with E-state index in [1.54, 1.807) is 37.0 Å². The van der Waals surface area contributed by atoms with Crippen LogP contribution in [0.15, 0.2) is 18.6 Å². The molecule has 0 aliphatic heterocycles. The van der Waals surface area contributed by atoms with Crippen LogP contribution in [0, 0.1) is 0 Å². The Balaban J connectivity index is 2.47. The maximum Gasteiger partial charge on any atom is 0.358 e. The molecule has 6 heteroatoms. The monoisotopic (exact) mass is 219 g/mol. The third-order valence-electron chi connectivity index (χ3n) is 2.05. The molecule has 0 atom stereocenters. The lowest BCUT2D eigenvalue weighted by Gasteiger charge is -2.09. The Morgan fingerprint density at radius 3 is 3.12 bits per heavy atom. The average Bonchev–Trinajstić information content (AvgIpc) is 2.72. The summed E-state index contributed by atoms with van der Waals surface area (Å²) in [6.45, 7) is 2.08. The second-order valence-corrected chi connectivity index (χ2v) is 3.05. The van der Waals surface area contributed by atoms with Crippen molar-refractivity contribution in [2.45, 2.75) is 6.92 Å². The number of hydrogen-bond donors (Lipinski definition) is 0. The third kappa shape index (κ3) is 1.69. The minimum Gasteiger partial charge on any atom is -0.466 e. The lowest BCUT2D eigenvalue weighted by molar-refractivity contribution is 0.0520. The highest BCUT2D eigenvalue weighted by atomic mass is 16.5. The van der Waals surface area contributed by atoms with Crippen molar-refractivity contribution in [1.82, 2.24) is 14.4 Å². The minimum absolute atomic E-state index is 0.264. The number of esters is 1. The Hall–Kier alpha value is -2.11. The molecule has 0 aliphatic rings. The summed E-state index contributed by atoms with van der Waals surface area (Å²) in [5.74, 6) is 0.0614. The van der Waals surface area contributed by atoms with Crippen LogP contribution < -0.4 is 0 Å². The predicted octanol–water partition coefficient (Wildman–Crippen LogP) is 1.54. The molecule has 16 heavy (non-hydrogen) atoms. The van der Waals surface area contributed by atoms with Crippen LogP contribution in [0.1, 0.15) is 17.4 Å². The van der Waals surface area contributed by atoms with Crippen LogP contribution in [0.5, 0.6) is 0 Å². The van der Waals surface area contributed by atoms with Crippen molar-refractivity contribution in [2.24, 2.45) is 0 Å². The van der Waals surface area contributed by atoms with Crippen molar-refractivity contribution >= 4 is 17.4 Å². The number of fused-ring (bicyclic) bond motifs is 1. The molecule has 0 saturated carbocycles. The molecule has 0 N–H and O–H groups in total. The van der Waals surface area contributed by atoms with Gasteiger partial charge in [0, 0.05) is 12.4 Å². The van der Waals surface area contributed by atoms with E-state index >= 15 is 0 Å². The number of aromatic nitrogens is 3. The molecule has 0 spiro atoms. The van der Waals surface area contributed by atoms with E-state index in [0.717, 1.165) is 0 Å². The van der Waals surface area contributed by atoms with Crippen molar-refractivity contribution < 1.29 is 9.53 Å². The Kier molecular flexibility index (Phi) is 2.72. The van der Waals surface area contributed by atoms with Crippen molar-refractivity contribution in [3.8, 4) is 0 Å². The molecule has 0 aromatic carbocycles. The van der Waals surface area contributed by atoms with Crippen LogP contribution >= 0.6 is 0 Å². The van der Waals surface area contributed by atoms with Crippen LogP contribution in [-0.4, -0.2) is 34.0 Å². The maximum atomic E-state index is 11.5. The third-order valence-corrected chi connectivity index (χ3v) is 2.05. The van der Waals surface area contributed by atoms with E-state index in [9.17, 15) is 4.79 Å². The molecule has 0 amide bonds. The zero-order chi connectivity index (χ0) is 11.5. The van der Waals surface area contributed by atoms with E-state index < -0.39 is 5.97 Å². The van der Waals surface area contributed by atoms with Gasteiger partial charge in [-0.25, -0.2) is 9.78 Å². The van der Waals surface area contributed by atoms with Gasteiger partial charge >= 0.3 is 5.97 Å². The van der Waals surface area contributed by atoms with Gasteiger partial charge in [-0.05, 0) is 12.7 Å². The smallest absolute Gasteiger partial charge is 0.358 e. The summed E-state index contributed by atoms with van der Waals surface area (Å²) in [4.78, 5) is 19.6. The topological polar surface area (TPSA) is 70.6 Å². The first-order valence-corrected chi connectivity index (χ1v) is 4.87. The van der Waals surface area contributed by atoms with Gasteiger partial charge < -0.3 is 19.4 Å². The molecule has 2 heterocycles. The minimum atomic E-state index is -0.437. The molecule has 0 fully saturated rings. The second-order valence-electron chi connectivity index (χ2n) is 3.05. The first kappa shape index (κ1) is 10.4. The number of hydrogen-bond acceptors (Lipinski definition) is 4. The van der Waals surface area contributed by atoms with E-state index in [0.29, 0.717) is 18.1 Å². The molecule has 2 aromatic rings. The predicted molar refractivity (Wildman–Crippen MR) is 57.9 cm³/mol. The summed E-state index contributed by atoms with van der Waals surface area (Å²) < 4.78 is 6.56. The Labute approximate surface area is 92.3 Å². The van der Waals surface area contributed by atoms with Crippen LogP contribution in [-0.2, 0) is 4.74 Å². The van der Waals surface area contributed by atoms with E-state index in [-0.39, 0.29) is 5.69 Å². The van der Waals surface area contributed by atoms with Gasteiger partial charge in [0.25, 0.3) is 0 Å². The van der Waals surface area contributed by atoms with Crippen LogP contribution in [0.4, 0.5) is 5.82 Å². The zero-order valence-corrected chi connectivity index (χ0v) is 9.04. The van der Waals surface area contributed by atoms with E-state index in [4.69, 9.17) is 4.74 Å². The molecule has 2 aromatic heterocycles. The highest BCUT2D eigenvalue weighted by molar-refractivity contribution is 5.88. The van der Waals surface area contributed by atoms with Crippen LogP contribution in [0.2, 0.25) is 0 Å². The first-order valence-electron chi connectivity index (χ1n) is 4.87. The number of ether oxygens (including phenoxy) is 1. The Morgan fingerprint density at radius 1 is 1.62 bits per heavy atom. The van der Waals surface area contributed by atoms with E-state index in [1.165, 1.54) is 0 Å². The van der Waals surface area contributed by atoms with Gasteiger partial charge in [-0.3, -0.25) is 0 Å². The normalized spacial score (nSPS) is 10.4. The first-order chi connectivity index (χ1) is 7.76. The fraction of sp³-hybridized carbons (Fsp3) is 0.300. The standard InChI is InChI=1S/C10H11N4O2/c1-3-16-10(15)7-6-14-5-4-12-8(11-2)9(14)13-7/h4-6H,3H2,1-2H3/q-1. The average molecular weight is 219 g/mol. The summed E-state index contributed by atoms with van der Waals surface area (Å²) >= 11 is 0. The van der Waals surface area contributed by atoms with E-state index in [2.05, 4.69) is 15.3 Å². The quantitative estimate of drug-likeness (QED) is 0.734. The SMILES string of the molecule is CCOC(=O)c1cn2ccnc([N-]C)c2n1. The summed E-state index contributed by atoms with van der Waals surface area (Å²) in [7, 11) is 1.63. The molecule has 2 rings (SSSR count). The second kappa shape index (κ2) is 4.18. The molecular weight excluding hydrogens is 208 g/mol. The van der Waals surface area contributed by atoms with Gasteiger partial charge in [-0.15, -0.1) is 0 Å². The number of nitrogens with zero attached hydrogens (tertiary/aromatic N) is 4. The molecule has 0 saturated heterocycles. The van der Waals surface area contributed by atoms with Crippen molar-refractivity contribution in [3.63, 3.8) is 0 Å². The van der Waals surface area contributed by atoms with Gasteiger partial charge in [-0.2, -0.15) is 0 Å². The lowest BCUT2D eigenvalue weighted by Crippen LogP contribution is -2.04. The van der Waals surface area contributed by atoms with Gasteiger partial charge in [0.05, 0.1) is 6.61 Å². The van der Waals surface area contributed by atoms with Gasteiger partial charge in [0.2, 0.25) is 0 Å². The van der Waals surface area contributed by atoms with Gasteiger partial charge in [-0.1, -0.05) is 13.2 Å². The van der Waals surface area contributed by atoms with Crippen LogP contribution in [0.25, 0.3) is 11.0 Å². The summed E-state index contributed by atoms with van der Waals surface area (Å²) in [5.41, 5.74) is 0.813. The number of carbonyl (C=O) groups is 1. The van der Waals surface area contributed by atoms with Crippen molar-refractivity contribution in [1.29, 1.82) is 0 Å². The molecule has 0 unspecified atom stereocenters. The highest BCUT2D eigenvalue weighted by Crippen LogP contribution is 2.19. The number of carbonyl (C=O) groups excluding carboxylic acids is 1. The van der Waals surface area contributed by atoms with Gasteiger partial charge in [0.15, 0.2) is 5.69 Å². The number of rotatable bonds is 3. The van der Waals surface area contributed by atoms with Crippen LogP contribution in [0.3, 0.4) is 0 Å². The summed E-state index contributed by atoms with van der Waals surface area (Å²) in [5, 5.41) is 3.97. The largest absolute Gasteiger partial charge is 0.466 e. The molecule has 0 aliphatic carbocycles. The Bertz CT molecular complexity index is 521. The fourth-order valence-electron chi connectivity index (χ4n) is 1.37. The zero-order valence-electron chi connectivity index (χ0n) is 9.04. The Morgan fingerprint density at radius 2 is 2.44 bits per heavy atom. The number of imidazole rings is 1. The van der Waals surface area contributed by atoms with Gasteiger partial charge in [0.1, 0.15) is 5.65 Å². The summed E-state index contributed by atoms with van der Waals surface area (Å²) in [6, 6.07) is 0. The van der Waals surface area contributed by atoms with Crippen molar-refractivity contribution in [2.75, 3.05) is 13.7 Å². The highest BCUT2D eigenvalue weighted by Gasteiger charge is 2.11. The maximum absolute atomic E-state index is 11.5. The summed E-state index contributed by atoms with van der Waals surface area (Å²) in [6.07, 6.45) is 4.91. The van der Waals surface area contributed by atoms with E-state index in [1.807, 2.05) is 0 Å². The fourth-order valence-corrected chi connectivity index (χ4v) is 1.37. The molecule has 6 nitrogen and oxygen atoms in total. The molecule has 84 valence electrons. The lowest BCUT2D eigenvalue weighted by atomic mass is 10.5.